The fourth-order valence-electron chi connectivity index (χ4n) is 1.69. The second kappa shape index (κ2) is 5.19. The first-order chi connectivity index (χ1) is 8.61. The number of ether oxygens (including phenoxy) is 1. The van der Waals surface area contributed by atoms with E-state index in [9.17, 15) is 0 Å². The molecule has 2 aromatic carbocycles. The van der Waals surface area contributed by atoms with Crippen molar-refractivity contribution in [3.05, 3.63) is 47.0 Å². The van der Waals surface area contributed by atoms with Crippen LogP contribution in [0, 0.1) is 6.92 Å². The first-order valence-corrected chi connectivity index (χ1v) is 5.95. The number of halogens is 1. The van der Waals surface area contributed by atoms with Crippen molar-refractivity contribution in [1.82, 2.24) is 0 Å². The summed E-state index contributed by atoms with van der Waals surface area (Å²) < 4.78 is 5.17. The number of nitrogen functional groups attached to an aromatic ring is 1. The van der Waals surface area contributed by atoms with E-state index in [1.165, 1.54) is 0 Å². The van der Waals surface area contributed by atoms with Crippen LogP contribution in [0.2, 0.25) is 5.02 Å². The summed E-state index contributed by atoms with van der Waals surface area (Å²) in [7, 11) is 1.65. The predicted molar refractivity (Wildman–Crippen MR) is 76.9 cm³/mol. The number of para-hydroxylation sites is 1. The Morgan fingerprint density at radius 3 is 2.61 bits per heavy atom. The van der Waals surface area contributed by atoms with Gasteiger partial charge < -0.3 is 15.8 Å². The molecule has 0 aliphatic heterocycles. The number of rotatable bonds is 3. The van der Waals surface area contributed by atoms with Gasteiger partial charge in [-0.25, -0.2) is 0 Å². The van der Waals surface area contributed by atoms with Crippen molar-refractivity contribution in [2.24, 2.45) is 0 Å². The highest BCUT2D eigenvalue weighted by Crippen LogP contribution is 2.31. The van der Waals surface area contributed by atoms with Gasteiger partial charge in [0.2, 0.25) is 0 Å². The van der Waals surface area contributed by atoms with Crippen LogP contribution in [-0.4, -0.2) is 7.11 Å². The molecule has 0 saturated heterocycles. The van der Waals surface area contributed by atoms with Crippen LogP contribution in [-0.2, 0) is 0 Å². The molecule has 0 atom stereocenters. The van der Waals surface area contributed by atoms with Crippen LogP contribution in [0.15, 0.2) is 36.4 Å². The van der Waals surface area contributed by atoms with Gasteiger partial charge in [0.05, 0.1) is 23.5 Å². The van der Waals surface area contributed by atoms with Crippen LogP contribution in [0.3, 0.4) is 0 Å². The number of methoxy groups -OCH3 is 1. The molecule has 0 radical (unpaired) electrons. The predicted octanol–water partition coefficient (Wildman–Crippen LogP) is 3.98. The lowest BCUT2D eigenvalue weighted by Crippen LogP contribution is -1.98. The fourth-order valence-corrected chi connectivity index (χ4v) is 1.87. The fraction of sp³-hybridized carbons (Fsp3) is 0.143. The minimum Gasteiger partial charge on any atom is -0.497 e. The molecule has 94 valence electrons. The maximum absolute atomic E-state index is 5.98. The summed E-state index contributed by atoms with van der Waals surface area (Å²) in [6.45, 7) is 2.01. The average Bonchev–Trinajstić information content (AvgIpc) is 2.37. The third-order valence-electron chi connectivity index (χ3n) is 2.76. The topological polar surface area (TPSA) is 47.3 Å². The number of nitrogens with one attached hydrogen (secondary N) is 1. The van der Waals surface area contributed by atoms with Crippen molar-refractivity contribution >= 4 is 28.7 Å². The molecule has 0 aromatic heterocycles. The molecule has 2 aromatic rings. The van der Waals surface area contributed by atoms with Gasteiger partial charge in [-0.05, 0) is 42.8 Å². The Kier molecular flexibility index (Phi) is 3.63. The van der Waals surface area contributed by atoms with E-state index in [-0.39, 0.29) is 0 Å². The molecular weight excluding hydrogens is 248 g/mol. The van der Waals surface area contributed by atoms with Gasteiger partial charge in [-0.2, -0.15) is 0 Å². The van der Waals surface area contributed by atoms with Crippen molar-refractivity contribution in [1.29, 1.82) is 0 Å². The summed E-state index contributed by atoms with van der Waals surface area (Å²) in [4.78, 5) is 0. The molecule has 3 N–H and O–H groups in total. The molecule has 0 fully saturated rings. The molecule has 0 unspecified atom stereocenters. The molecule has 18 heavy (non-hydrogen) atoms. The summed E-state index contributed by atoms with van der Waals surface area (Å²) in [6.07, 6.45) is 0. The third-order valence-corrected chi connectivity index (χ3v) is 3.09. The van der Waals surface area contributed by atoms with Crippen LogP contribution < -0.4 is 15.8 Å². The van der Waals surface area contributed by atoms with E-state index in [0.717, 1.165) is 22.7 Å². The maximum atomic E-state index is 5.98. The lowest BCUT2D eigenvalue weighted by molar-refractivity contribution is 0.414. The molecule has 0 aliphatic carbocycles. The summed E-state index contributed by atoms with van der Waals surface area (Å²) in [5, 5.41) is 3.81. The number of aryl methyl sites for hydroxylation is 1. The van der Waals surface area contributed by atoms with Gasteiger partial charge in [-0.3, -0.25) is 0 Å². The molecule has 2 rings (SSSR count). The van der Waals surface area contributed by atoms with Crippen molar-refractivity contribution in [2.75, 3.05) is 18.2 Å². The van der Waals surface area contributed by atoms with Crippen LogP contribution in [0.5, 0.6) is 5.75 Å². The van der Waals surface area contributed by atoms with Crippen LogP contribution in [0.25, 0.3) is 0 Å². The molecule has 0 heterocycles. The first kappa shape index (κ1) is 12.6. The van der Waals surface area contributed by atoms with Crippen molar-refractivity contribution in [2.45, 2.75) is 6.92 Å². The smallest absolute Gasteiger partial charge is 0.119 e. The Bertz CT molecular complexity index is 570. The summed E-state index contributed by atoms with van der Waals surface area (Å²) in [5.41, 5.74) is 9.32. The highest BCUT2D eigenvalue weighted by molar-refractivity contribution is 6.33. The van der Waals surface area contributed by atoms with Gasteiger partial charge in [0, 0.05) is 5.69 Å². The number of hydrogen-bond donors (Lipinski definition) is 2. The lowest BCUT2D eigenvalue weighted by atomic mass is 10.1. The minimum absolute atomic E-state index is 0.547. The van der Waals surface area contributed by atoms with E-state index >= 15 is 0 Å². The quantitative estimate of drug-likeness (QED) is 0.823. The zero-order valence-corrected chi connectivity index (χ0v) is 11.1. The molecule has 0 amide bonds. The monoisotopic (exact) mass is 262 g/mol. The zero-order chi connectivity index (χ0) is 13.1. The van der Waals surface area contributed by atoms with Gasteiger partial charge >= 0.3 is 0 Å². The van der Waals surface area contributed by atoms with E-state index in [1.807, 2.05) is 37.3 Å². The van der Waals surface area contributed by atoms with Crippen molar-refractivity contribution < 1.29 is 4.74 Å². The summed E-state index contributed by atoms with van der Waals surface area (Å²) in [6, 6.07) is 11.3. The second-order valence-corrected chi connectivity index (χ2v) is 4.41. The Balaban J connectivity index is 2.31. The molecule has 0 spiro atoms. The molecule has 0 saturated carbocycles. The Hall–Kier alpha value is -1.87. The summed E-state index contributed by atoms with van der Waals surface area (Å²) in [5.74, 6) is 0.831. The molecule has 3 nitrogen and oxygen atoms in total. The van der Waals surface area contributed by atoms with Gasteiger partial charge in [0.25, 0.3) is 0 Å². The highest BCUT2D eigenvalue weighted by Gasteiger charge is 2.05. The van der Waals surface area contributed by atoms with Gasteiger partial charge in [-0.1, -0.05) is 17.7 Å². The third kappa shape index (κ3) is 2.51. The first-order valence-electron chi connectivity index (χ1n) is 5.57. The lowest BCUT2D eigenvalue weighted by Gasteiger charge is -2.13. The van der Waals surface area contributed by atoms with Crippen molar-refractivity contribution in [3.8, 4) is 5.75 Å². The Morgan fingerprint density at radius 2 is 1.94 bits per heavy atom. The standard InChI is InChI=1S/C14H15ClN2O/c1-9-8-10(18-2)6-7-12(9)17-13-5-3-4-11(15)14(13)16/h3-8,17H,16H2,1-2H3. The highest BCUT2D eigenvalue weighted by atomic mass is 35.5. The number of nitrogens with two attached hydrogens (primary N) is 1. The van der Waals surface area contributed by atoms with E-state index in [0.29, 0.717) is 10.7 Å². The molecule has 4 heteroatoms. The Morgan fingerprint density at radius 1 is 1.17 bits per heavy atom. The molecule has 0 aliphatic rings. The van der Waals surface area contributed by atoms with Gasteiger partial charge in [0.1, 0.15) is 5.75 Å². The maximum Gasteiger partial charge on any atom is 0.119 e. The normalized spacial score (nSPS) is 10.2. The zero-order valence-electron chi connectivity index (χ0n) is 10.3. The van der Waals surface area contributed by atoms with E-state index < -0.39 is 0 Å². The van der Waals surface area contributed by atoms with E-state index in [4.69, 9.17) is 22.1 Å². The SMILES string of the molecule is COc1ccc(Nc2cccc(Cl)c2N)c(C)c1. The van der Waals surface area contributed by atoms with E-state index in [1.54, 1.807) is 13.2 Å². The van der Waals surface area contributed by atoms with Gasteiger partial charge in [-0.15, -0.1) is 0 Å². The van der Waals surface area contributed by atoms with E-state index in [2.05, 4.69) is 5.32 Å². The van der Waals surface area contributed by atoms with Crippen LogP contribution in [0.4, 0.5) is 17.1 Å². The molecular formula is C14H15ClN2O. The van der Waals surface area contributed by atoms with Crippen molar-refractivity contribution in [3.63, 3.8) is 0 Å². The summed E-state index contributed by atoms with van der Waals surface area (Å²) >= 11 is 5.98. The number of anilines is 3. The van der Waals surface area contributed by atoms with Crippen LogP contribution in [0.1, 0.15) is 5.56 Å². The average molecular weight is 263 g/mol. The largest absolute Gasteiger partial charge is 0.497 e. The van der Waals surface area contributed by atoms with Crippen LogP contribution >= 0.6 is 11.6 Å². The van der Waals surface area contributed by atoms with Gasteiger partial charge in [0.15, 0.2) is 0 Å². The second-order valence-electron chi connectivity index (χ2n) is 4.01. The number of benzene rings is 2. The minimum atomic E-state index is 0.547. The number of hydrogen-bond acceptors (Lipinski definition) is 3. The Labute approximate surface area is 112 Å². The molecule has 0 bridgehead atoms.